The Bertz CT molecular complexity index is 1040. The summed E-state index contributed by atoms with van der Waals surface area (Å²) in [6.07, 6.45) is -0.117. The molecule has 0 radical (unpaired) electrons. The van der Waals surface area contributed by atoms with Gasteiger partial charge in [-0.05, 0) is 53.0 Å². The summed E-state index contributed by atoms with van der Waals surface area (Å²) < 4.78 is 28.7. The van der Waals surface area contributed by atoms with Crippen molar-refractivity contribution >= 4 is 12.6 Å². The van der Waals surface area contributed by atoms with Crippen molar-refractivity contribution in [2.45, 2.75) is 12.7 Å². The monoisotopic (exact) mass is 415 g/mol. The van der Waals surface area contributed by atoms with E-state index in [0.29, 0.717) is 30.3 Å². The van der Waals surface area contributed by atoms with Crippen LogP contribution >= 0.6 is 0 Å². The van der Waals surface area contributed by atoms with Gasteiger partial charge in [-0.1, -0.05) is 36.4 Å². The lowest BCUT2D eigenvalue weighted by Crippen LogP contribution is -2.35. The van der Waals surface area contributed by atoms with E-state index in [-0.39, 0.29) is 12.9 Å². The van der Waals surface area contributed by atoms with Crippen LogP contribution in [0.5, 0.6) is 11.5 Å². The first-order chi connectivity index (χ1) is 15.3. The highest BCUT2D eigenvalue weighted by molar-refractivity contribution is 6.62. The third-order valence-electron chi connectivity index (χ3n) is 4.90. The SMILES string of the molecule is COCOCc1cc(Oc2ccc(C#N)cc2)ccc1B1OCC(c2ccccc2)O1. The highest BCUT2D eigenvalue weighted by Gasteiger charge is 2.35. The molecular weight excluding hydrogens is 393 g/mol. The Kier molecular flexibility index (Phi) is 6.98. The molecule has 1 unspecified atom stereocenters. The Morgan fingerprint density at radius 3 is 2.55 bits per heavy atom. The Hall–Kier alpha value is -3.15. The summed E-state index contributed by atoms with van der Waals surface area (Å²) in [6, 6.07) is 24.8. The minimum atomic E-state index is -0.490. The molecule has 0 amide bonds. The molecule has 1 saturated heterocycles. The van der Waals surface area contributed by atoms with Crippen LogP contribution in [0.3, 0.4) is 0 Å². The van der Waals surface area contributed by atoms with Crippen LogP contribution in [-0.2, 0) is 25.4 Å². The number of ether oxygens (including phenoxy) is 3. The Labute approximate surface area is 182 Å². The third kappa shape index (κ3) is 5.32. The molecule has 3 aromatic carbocycles. The summed E-state index contributed by atoms with van der Waals surface area (Å²) in [5.41, 5.74) is 3.45. The van der Waals surface area contributed by atoms with Crippen LogP contribution in [0.15, 0.2) is 72.8 Å². The van der Waals surface area contributed by atoms with Crippen LogP contribution in [0.1, 0.15) is 22.8 Å². The normalized spacial score (nSPS) is 15.6. The van der Waals surface area contributed by atoms with Crippen molar-refractivity contribution < 1.29 is 23.5 Å². The Morgan fingerprint density at radius 1 is 1.03 bits per heavy atom. The summed E-state index contributed by atoms with van der Waals surface area (Å²) in [5, 5.41) is 8.94. The van der Waals surface area contributed by atoms with E-state index in [1.54, 1.807) is 31.4 Å². The summed E-state index contributed by atoms with van der Waals surface area (Å²) in [7, 11) is 1.09. The summed E-state index contributed by atoms with van der Waals surface area (Å²) >= 11 is 0. The van der Waals surface area contributed by atoms with Crippen molar-refractivity contribution in [2.75, 3.05) is 20.5 Å². The Balaban J connectivity index is 1.53. The van der Waals surface area contributed by atoms with Crippen molar-refractivity contribution in [1.29, 1.82) is 5.26 Å². The second-order valence-electron chi connectivity index (χ2n) is 7.05. The third-order valence-corrected chi connectivity index (χ3v) is 4.90. The van der Waals surface area contributed by atoms with Gasteiger partial charge in [-0.2, -0.15) is 5.26 Å². The highest BCUT2D eigenvalue weighted by Crippen LogP contribution is 2.27. The van der Waals surface area contributed by atoms with E-state index in [2.05, 4.69) is 6.07 Å². The smallest absolute Gasteiger partial charge is 0.457 e. The summed E-state index contributed by atoms with van der Waals surface area (Å²) in [6.45, 7) is 0.989. The number of nitriles is 1. The molecule has 1 atom stereocenters. The minimum absolute atomic E-state index is 0.117. The fourth-order valence-electron chi connectivity index (χ4n) is 3.38. The molecular formula is C24H22BNO5. The summed E-state index contributed by atoms with van der Waals surface area (Å²) in [5.74, 6) is 1.30. The first-order valence-electron chi connectivity index (χ1n) is 9.96. The fraction of sp³-hybridized carbons (Fsp3) is 0.208. The van der Waals surface area contributed by atoms with Gasteiger partial charge in [0.25, 0.3) is 0 Å². The first kappa shape index (κ1) is 21.1. The van der Waals surface area contributed by atoms with Crippen molar-refractivity contribution in [3.63, 3.8) is 0 Å². The Morgan fingerprint density at radius 2 is 1.81 bits per heavy atom. The lowest BCUT2D eigenvalue weighted by molar-refractivity contribution is -0.0389. The van der Waals surface area contributed by atoms with E-state index in [1.807, 2.05) is 48.5 Å². The molecule has 156 valence electrons. The van der Waals surface area contributed by atoms with Gasteiger partial charge >= 0.3 is 7.12 Å². The van der Waals surface area contributed by atoms with Gasteiger partial charge < -0.3 is 23.5 Å². The fourth-order valence-corrected chi connectivity index (χ4v) is 3.38. The second kappa shape index (κ2) is 10.2. The van der Waals surface area contributed by atoms with Crippen LogP contribution in [0, 0.1) is 11.3 Å². The van der Waals surface area contributed by atoms with Gasteiger partial charge in [-0.25, -0.2) is 0 Å². The van der Waals surface area contributed by atoms with Gasteiger partial charge in [0.15, 0.2) is 0 Å². The quantitative estimate of drug-likeness (QED) is 0.315. The average Bonchev–Trinajstić information content (AvgIpc) is 3.31. The van der Waals surface area contributed by atoms with Crippen LogP contribution in [0.25, 0.3) is 0 Å². The van der Waals surface area contributed by atoms with Crippen molar-refractivity contribution in [3.8, 4) is 17.6 Å². The molecule has 1 heterocycles. The van der Waals surface area contributed by atoms with Crippen molar-refractivity contribution in [3.05, 3.63) is 89.5 Å². The second-order valence-corrected chi connectivity index (χ2v) is 7.05. The topological polar surface area (TPSA) is 69.9 Å². The van der Waals surface area contributed by atoms with Gasteiger partial charge in [-0.15, -0.1) is 0 Å². The standard InChI is InChI=1S/C24H22BNO5/c1-27-17-28-15-20-13-22(30-21-9-7-18(14-26)8-10-21)11-12-23(20)25-29-16-24(31-25)19-5-3-2-4-6-19/h2-13,24H,15-17H2,1H3. The van der Waals surface area contributed by atoms with Gasteiger partial charge in [0.05, 0.1) is 31.0 Å². The molecule has 3 aromatic rings. The average molecular weight is 415 g/mol. The van der Waals surface area contributed by atoms with Crippen LogP contribution in [-0.4, -0.2) is 27.6 Å². The molecule has 0 aliphatic carbocycles. The van der Waals surface area contributed by atoms with Gasteiger partial charge in [0, 0.05) is 7.11 Å². The van der Waals surface area contributed by atoms with E-state index in [0.717, 1.165) is 16.6 Å². The molecule has 6 nitrogen and oxygen atoms in total. The molecule has 0 aromatic heterocycles. The molecule has 0 N–H and O–H groups in total. The predicted octanol–water partition coefficient (Wildman–Crippen LogP) is 3.95. The van der Waals surface area contributed by atoms with Crippen LogP contribution < -0.4 is 10.2 Å². The molecule has 1 aliphatic rings. The number of hydrogen-bond donors (Lipinski definition) is 0. The van der Waals surface area contributed by atoms with Gasteiger partial charge in [0.1, 0.15) is 18.3 Å². The first-order valence-corrected chi connectivity index (χ1v) is 9.96. The van der Waals surface area contributed by atoms with E-state index < -0.39 is 7.12 Å². The lowest BCUT2D eigenvalue weighted by Gasteiger charge is -2.15. The maximum absolute atomic E-state index is 8.94. The minimum Gasteiger partial charge on any atom is -0.457 e. The molecule has 31 heavy (non-hydrogen) atoms. The van der Waals surface area contributed by atoms with E-state index >= 15 is 0 Å². The number of methoxy groups -OCH3 is 1. The van der Waals surface area contributed by atoms with Crippen LogP contribution in [0.4, 0.5) is 0 Å². The zero-order valence-corrected chi connectivity index (χ0v) is 17.2. The van der Waals surface area contributed by atoms with E-state index in [4.69, 9.17) is 28.8 Å². The van der Waals surface area contributed by atoms with Gasteiger partial charge in [-0.3, -0.25) is 0 Å². The molecule has 4 rings (SSSR count). The maximum Gasteiger partial charge on any atom is 0.494 e. The molecule has 0 bridgehead atoms. The lowest BCUT2D eigenvalue weighted by atomic mass is 9.76. The molecule has 1 aliphatic heterocycles. The number of rotatable bonds is 8. The number of benzene rings is 3. The number of nitrogens with zero attached hydrogens (tertiary/aromatic N) is 1. The zero-order valence-electron chi connectivity index (χ0n) is 17.2. The van der Waals surface area contributed by atoms with Crippen LogP contribution in [0.2, 0.25) is 0 Å². The summed E-state index contributed by atoms with van der Waals surface area (Å²) in [4.78, 5) is 0. The van der Waals surface area contributed by atoms with Gasteiger partial charge in [0.2, 0.25) is 0 Å². The molecule has 0 saturated carbocycles. The maximum atomic E-state index is 8.94. The molecule has 0 spiro atoms. The number of hydrogen-bond acceptors (Lipinski definition) is 6. The molecule has 7 heteroatoms. The van der Waals surface area contributed by atoms with Crippen molar-refractivity contribution in [1.82, 2.24) is 0 Å². The van der Waals surface area contributed by atoms with E-state index in [9.17, 15) is 0 Å². The highest BCUT2D eigenvalue weighted by atomic mass is 16.7. The molecule has 1 fully saturated rings. The van der Waals surface area contributed by atoms with E-state index in [1.165, 1.54) is 0 Å². The van der Waals surface area contributed by atoms with Crippen molar-refractivity contribution in [2.24, 2.45) is 0 Å². The predicted molar refractivity (Wildman–Crippen MR) is 116 cm³/mol. The zero-order chi connectivity index (χ0) is 21.5. The largest absolute Gasteiger partial charge is 0.494 e.